The van der Waals surface area contributed by atoms with Crippen LogP contribution in [0.4, 0.5) is 0 Å². The maximum Gasteiger partial charge on any atom is 0.262 e. The molecule has 0 saturated carbocycles. The number of nitrogens with zero attached hydrogens (tertiary/aromatic N) is 2. The van der Waals surface area contributed by atoms with E-state index in [1.165, 1.54) is 33.6 Å². The summed E-state index contributed by atoms with van der Waals surface area (Å²) in [6.45, 7) is 1.95. The minimum atomic E-state index is -0.161. The van der Waals surface area contributed by atoms with E-state index in [2.05, 4.69) is 4.98 Å². The molecule has 0 spiro atoms. The Kier molecular flexibility index (Phi) is 4.07. The molecule has 0 saturated heterocycles. The molecule has 0 N–H and O–H groups in total. The molecule has 0 fully saturated rings. The molecule has 0 aliphatic carbocycles. The molecule has 0 aliphatic heterocycles. The van der Waals surface area contributed by atoms with Crippen LogP contribution in [0, 0.1) is 6.92 Å². The van der Waals surface area contributed by atoms with Crippen LogP contribution in [0.2, 0.25) is 0 Å². The van der Waals surface area contributed by atoms with Crippen LogP contribution in [0.1, 0.15) is 15.2 Å². The van der Waals surface area contributed by atoms with Crippen molar-refractivity contribution in [1.29, 1.82) is 0 Å². The van der Waals surface area contributed by atoms with Gasteiger partial charge in [-0.1, -0.05) is 36.4 Å². The molecule has 0 aliphatic rings. The second-order valence-electron chi connectivity index (χ2n) is 5.68. The van der Waals surface area contributed by atoms with Gasteiger partial charge in [-0.3, -0.25) is 14.2 Å². The number of ketones is 1. The Hall–Kier alpha value is -2.57. The Bertz CT molecular complexity index is 1110. The molecule has 124 valence electrons. The molecule has 3 aromatic heterocycles. The minimum Gasteiger partial charge on any atom is -0.291 e. The summed E-state index contributed by atoms with van der Waals surface area (Å²) in [6, 6.07) is 13.6. The molecule has 1 aromatic carbocycles. The molecular formula is C19H14N2O2S2. The summed E-state index contributed by atoms with van der Waals surface area (Å²) >= 11 is 2.89. The SMILES string of the molecule is Cc1c(-c2ccccc2)sc2ncn(CC(=O)c3cccs3)c(=O)c12. The number of carbonyl (C=O) groups excluding carboxylic acids is 1. The lowest BCUT2D eigenvalue weighted by molar-refractivity contribution is 0.0974. The first kappa shape index (κ1) is 15.9. The topological polar surface area (TPSA) is 52.0 Å². The van der Waals surface area contributed by atoms with Gasteiger partial charge in [0.1, 0.15) is 4.83 Å². The Balaban J connectivity index is 1.79. The van der Waals surface area contributed by atoms with Crippen LogP contribution in [0.15, 0.2) is 59.0 Å². The zero-order valence-electron chi connectivity index (χ0n) is 13.4. The summed E-state index contributed by atoms with van der Waals surface area (Å²) in [4.78, 5) is 32.0. The van der Waals surface area contributed by atoms with Gasteiger partial charge in [0.2, 0.25) is 0 Å². The Labute approximate surface area is 152 Å². The highest BCUT2D eigenvalue weighted by Gasteiger charge is 2.17. The van der Waals surface area contributed by atoms with E-state index in [4.69, 9.17) is 0 Å². The summed E-state index contributed by atoms with van der Waals surface area (Å²) in [5.41, 5.74) is 1.83. The van der Waals surface area contributed by atoms with Crippen LogP contribution in [0.25, 0.3) is 20.7 Å². The van der Waals surface area contributed by atoms with Crippen LogP contribution < -0.4 is 5.56 Å². The molecule has 4 rings (SSSR count). The van der Waals surface area contributed by atoms with Crippen molar-refractivity contribution in [2.45, 2.75) is 13.5 Å². The zero-order valence-corrected chi connectivity index (χ0v) is 15.1. The lowest BCUT2D eigenvalue weighted by Gasteiger charge is -2.03. The fourth-order valence-corrected chi connectivity index (χ4v) is 4.61. The van der Waals surface area contributed by atoms with Crippen molar-refractivity contribution in [1.82, 2.24) is 9.55 Å². The molecule has 25 heavy (non-hydrogen) atoms. The maximum atomic E-state index is 12.9. The van der Waals surface area contributed by atoms with Crippen LogP contribution in [-0.2, 0) is 6.54 Å². The van der Waals surface area contributed by atoms with Crippen LogP contribution in [-0.4, -0.2) is 15.3 Å². The molecule has 0 atom stereocenters. The summed E-state index contributed by atoms with van der Waals surface area (Å²) in [6.07, 6.45) is 1.47. The van der Waals surface area contributed by atoms with E-state index >= 15 is 0 Å². The van der Waals surface area contributed by atoms with Gasteiger partial charge < -0.3 is 0 Å². The zero-order chi connectivity index (χ0) is 17.4. The number of aromatic nitrogens is 2. The number of thiophene rings is 2. The van der Waals surface area contributed by atoms with E-state index in [0.717, 1.165) is 16.0 Å². The Morgan fingerprint density at radius 2 is 1.96 bits per heavy atom. The van der Waals surface area contributed by atoms with Gasteiger partial charge in [0.05, 0.1) is 23.1 Å². The molecule has 6 heteroatoms. The smallest absolute Gasteiger partial charge is 0.262 e. The lowest BCUT2D eigenvalue weighted by Crippen LogP contribution is -2.24. The number of aryl methyl sites for hydroxylation is 1. The van der Waals surface area contributed by atoms with Gasteiger partial charge in [-0.2, -0.15) is 0 Å². The van der Waals surface area contributed by atoms with Crippen molar-refractivity contribution < 1.29 is 4.79 Å². The molecular weight excluding hydrogens is 352 g/mol. The van der Waals surface area contributed by atoms with E-state index in [0.29, 0.717) is 15.1 Å². The van der Waals surface area contributed by atoms with E-state index < -0.39 is 0 Å². The molecule has 3 heterocycles. The number of Topliss-reactive ketones (excluding diaryl/α,β-unsaturated/α-hetero) is 1. The average molecular weight is 366 g/mol. The highest BCUT2D eigenvalue weighted by Crippen LogP contribution is 2.35. The van der Waals surface area contributed by atoms with Gasteiger partial charge in [0.25, 0.3) is 5.56 Å². The summed E-state index contributed by atoms with van der Waals surface area (Å²) in [5.74, 6) is -0.0746. The standard InChI is InChI=1S/C19H14N2O2S2/c1-12-16-18(25-17(12)13-6-3-2-4-7-13)20-11-21(19(16)23)10-14(22)15-8-5-9-24-15/h2-9,11H,10H2,1H3. The largest absolute Gasteiger partial charge is 0.291 e. The van der Waals surface area contributed by atoms with Crippen molar-refractivity contribution in [2.24, 2.45) is 0 Å². The minimum absolute atomic E-state index is 0.0121. The molecule has 0 radical (unpaired) electrons. The first-order valence-electron chi connectivity index (χ1n) is 7.76. The van der Waals surface area contributed by atoms with Crippen molar-refractivity contribution in [3.8, 4) is 10.4 Å². The first-order chi connectivity index (χ1) is 12.1. The van der Waals surface area contributed by atoms with E-state index in [-0.39, 0.29) is 17.9 Å². The number of hydrogen-bond acceptors (Lipinski definition) is 5. The van der Waals surface area contributed by atoms with Crippen molar-refractivity contribution in [2.75, 3.05) is 0 Å². The van der Waals surface area contributed by atoms with Crippen molar-refractivity contribution in [3.05, 3.63) is 75.0 Å². The fourth-order valence-electron chi connectivity index (χ4n) is 2.81. The van der Waals surface area contributed by atoms with E-state index in [1.807, 2.05) is 48.7 Å². The fraction of sp³-hybridized carbons (Fsp3) is 0.105. The van der Waals surface area contributed by atoms with Crippen LogP contribution in [0.5, 0.6) is 0 Å². The molecule has 0 unspecified atom stereocenters. The third-order valence-electron chi connectivity index (χ3n) is 4.06. The Morgan fingerprint density at radius 3 is 2.68 bits per heavy atom. The number of carbonyl (C=O) groups is 1. The van der Waals surface area contributed by atoms with Gasteiger partial charge in [0.15, 0.2) is 5.78 Å². The molecule has 4 aromatic rings. The van der Waals surface area contributed by atoms with Gasteiger partial charge >= 0.3 is 0 Å². The van der Waals surface area contributed by atoms with Gasteiger partial charge in [-0.05, 0) is 29.5 Å². The van der Waals surface area contributed by atoms with Crippen LogP contribution >= 0.6 is 22.7 Å². The lowest BCUT2D eigenvalue weighted by atomic mass is 10.1. The monoisotopic (exact) mass is 366 g/mol. The third kappa shape index (κ3) is 2.83. The third-order valence-corrected chi connectivity index (χ3v) is 6.22. The van der Waals surface area contributed by atoms with E-state index in [1.54, 1.807) is 6.07 Å². The second-order valence-corrected chi connectivity index (χ2v) is 7.63. The van der Waals surface area contributed by atoms with Gasteiger partial charge in [0, 0.05) is 4.88 Å². The van der Waals surface area contributed by atoms with Crippen molar-refractivity contribution >= 4 is 38.7 Å². The maximum absolute atomic E-state index is 12.9. The summed E-state index contributed by atoms with van der Waals surface area (Å²) in [5, 5.41) is 2.46. The second kappa shape index (κ2) is 6.38. The Morgan fingerprint density at radius 1 is 1.16 bits per heavy atom. The normalized spacial score (nSPS) is 11.1. The highest BCUT2D eigenvalue weighted by atomic mass is 32.1. The van der Waals surface area contributed by atoms with E-state index in [9.17, 15) is 9.59 Å². The highest BCUT2D eigenvalue weighted by molar-refractivity contribution is 7.22. The van der Waals surface area contributed by atoms with Gasteiger partial charge in [-0.15, -0.1) is 22.7 Å². The number of hydrogen-bond donors (Lipinski definition) is 0. The average Bonchev–Trinajstić information content (AvgIpc) is 3.27. The quantitative estimate of drug-likeness (QED) is 0.504. The predicted molar refractivity (Wildman–Crippen MR) is 103 cm³/mol. The molecule has 0 amide bonds. The summed E-state index contributed by atoms with van der Waals surface area (Å²) < 4.78 is 1.40. The van der Waals surface area contributed by atoms with Gasteiger partial charge in [-0.25, -0.2) is 4.98 Å². The molecule has 4 nitrogen and oxygen atoms in total. The number of rotatable bonds is 4. The number of fused-ring (bicyclic) bond motifs is 1. The first-order valence-corrected chi connectivity index (χ1v) is 9.45. The predicted octanol–water partition coefficient (Wildman–Crippen LogP) is 4.38. The van der Waals surface area contributed by atoms with Crippen molar-refractivity contribution in [3.63, 3.8) is 0 Å². The number of benzene rings is 1. The van der Waals surface area contributed by atoms with Crippen LogP contribution in [0.3, 0.4) is 0 Å². The molecule has 0 bridgehead atoms. The summed E-state index contributed by atoms with van der Waals surface area (Å²) in [7, 11) is 0.